The van der Waals surface area contributed by atoms with Crippen LogP contribution in [-0.4, -0.2) is 23.9 Å². The molecule has 0 spiro atoms. The average Bonchev–Trinajstić information content (AvgIpc) is 3.26. The highest BCUT2D eigenvalue weighted by Crippen LogP contribution is 2.39. The van der Waals surface area contributed by atoms with Crippen molar-refractivity contribution in [3.05, 3.63) is 28.5 Å². The number of hydrogen-bond acceptors (Lipinski definition) is 2. The summed E-state index contributed by atoms with van der Waals surface area (Å²) in [5.41, 5.74) is 0.162. The van der Waals surface area contributed by atoms with Gasteiger partial charge in [-0.1, -0.05) is 13.0 Å². The first-order valence-corrected chi connectivity index (χ1v) is 7.91. The van der Waals surface area contributed by atoms with Crippen molar-refractivity contribution in [2.45, 2.75) is 38.3 Å². The number of carbonyl (C=O) groups is 2. The van der Waals surface area contributed by atoms with Crippen LogP contribution in [0.3, 0.4) is 0 Å². The van der Waals surface area contributed by atoms with Crippen molar-refractivity contribution >= 4 is 33.4 Å². The zero-order valence-electron chi connectivity index (χ0n) is 11.6. The molecule has 1 saturated carbocycles. The minimum Gasteiger partial charge on any atom is -0.342 e. The number of halogens is 2. The van der Waals surface area contributed by atoms with Crippen molar-refractivity contribution in [1.82, 2.24) is 5.32 Å². The topological polar surface area (TPSA) is 49.4 Å². The van der Waals surface area contributed by atoms with Gasteiger partial charge >= 0.3 is 0 Å². The molecule has 1 N–H and O–H groups in total. The van der Waals surface area contributed by atoms with E-state index in [0.29, 0.717) is 10.9 Å². The molecule has 4 nitrogen and oxygen atoms in total. The van der Waals surface area contributed by atoms with Gasteiger partial charge in [0.1, 0.15) is 17.9 Å². The van der Waals surface area contributed by atoms with Gasteiger partial charge in [-0.3, -0.25) is 14.5 Å². The van der Waals surface area contributed by atoms with E-state index < -0.39 is 17.9 Å². The fraction of sp³-hybridized carbons (Fsp3) is 0.467. The van der Waals surface area contributed by atoms with E-state index >= 15 is 0 Å². The highest BCUT2D eigenvalue weighted by Gasteiger charge is 2.47. The van der Waals surface area contributed by atoms with E-state index in [2.05, 4.69) is 21.2 Å². The third-order valence-corrected chi connectivity index (χ3v) is 4.71. The number of hydrogen-bond donors (Lipinski definition) is 1. The van der Waals surface area contributed by atoms with Gasteiger partial charge in [0.05, 0.1) is 5.69 Å². The van der Waals surface area contributed by atoms with Crippen LogP contribution in [0.25, 0.3) is 0 Å². The maximum Gasteiger partial charge on any atom is 0.250 e. The van der Waals surface area contributed by atoms with Crippen molar-refractivity contribution < 1.29 is 14.0 Å². The standard InChI is InChI=1S/C15H16BrFN2O2/c1-2-11-14(20)18-12(8-6-7-8)15(21)19(11)13-9(16)4-3-5-10(13)17/h3-5,8,11-12H,2,6-7H2,1H3,(H,18,20). The van der Waals surface area contributed by atoms with E-state index in [9.17, 15) is 14.0 Å². The number of para-hydroxylation sites is 1. The Bertz CT molecular complexity index is 583. The van der Waals surface area contributed by atoms with Gasteiger partial charge in [-0.2, -0.15) is 0 Å². The molecule has 2 amide bonds. The Morgan fingerprint density at radius 1 is 1.38 bits per heavy atom. The van der Waals surface area contributed by atoms with Crippen LogP contribution in [0.2, 0.25) is 0 Å². The molecule has 2 atom stereocenters. The quantitative estimate of drug-likeness (QED) is 0.906. The van der Waals surface area contributed by atoms with Crippen LogP contribution in [0.5, 0.6) is 0 Å². The van der Waals surface area contributed by atoms with Gasteiger partial charge in [0.2, 0.25) is 5.91 Å². The Morgan fingerprint density at radius 2 is 2.10 bits per heavy atom. The molecule has 0 aromatic heterocycles. The second-order valence-corrected chi connectivity index (χ2v) is 6.38. The van der Waals surface area contributed by atoms with Gasteiger partial charge in [0.25, 0.3) is 5.91 Å². The molecule has 1 aromatic carbocycles. The van der Waals surface area contributed by atoms with Crippen LogP contribution in [-0.2, 0) is 9.59 Å². The maximum atomic E-state index is 14.2. The third-order valence-electron chi connectivity index (χ3n) is 4.07. The van der Waals surface area contributed by atoms with Crippen molar-refractivity contribution in [3.63, 3.8) is 0 Å². The van der Waals surface area contributed by atoms with Crippen LogP contribution >= 0.6 is 15.9 Å². The molecule has 1 saturated heterocycles. The Balaban J connectivity index is 2.06. The lowest BCUT2D eigenvalue weighted by Crippen LogP contribution is -2.64. The van der Waals surface area contributed by atoms with Crippen molar-refractivity contribution in [2.75, 3.05) is 4.90 Å². The Kier molecular flexibility index (Phi) is 3.73. The van der Waals surface area contributed by atoms with Crippen LogP contribution in [0.1, 0.15) is 26.2 Å². The highest BCUT2D eigenvalue weighted by atomic mass is 79.9. The number of anilines is 1. The summed E-state index contributed by atoms with van der Waals surface area (Å²) >= 11 is 3.29. The summed E-state index contributed by atoms with van der Waals surface area (Å²) in [7, 11) is 0. The number of piperazine rings is 1. The zero-order chi connectivity index (χ0) is 15.1. The largest absolute Gasteiger partial charge is 0.342 e. The summed E-state index contributed by atoms with van der Waals surface area (Å²) in [4.78, 5) is 26.4. The van der Waals surface area contributed by atoms with Gasteiger partial charge in [-0.15, -0.1) is 0 Å². The molecule has 1 aromatic rings. The van der Waals surface area contributed by atoms with Crippen molar-refractivity contribution in [1.29, 1.82) is 0 Å². The molecule has 2 unspecified atom stereocenters. The van der Waals surface area contributed by atoms with Crippen molar-refractivity contribution in [3.8, 4) is 0 Å². The number of benzene rings is 1. The average molecular weight is 355 g/mol. The Hall–Kier alpha value is -1.43. The zero-order valence-corrected chi connectivity index (χ0v) is 13.2. The summed E-state index contributed by atoms with van der Waals surface area (Å²) in [6.45, 7) is 1.82. The van der Waals surface area contributed by atoms with E-state index in [1.54, 1.807) is 12.1 Å². The number of carbonyl (C=O) groups excluding carboxylic acids is 2. The third kappa shape index (κ3) is 2.46. The lowest BCUT2D eigenvalue weighted by atomic mass is 10.0. The number of rotatable bonds is 3. The molecule has 6 heteroatoms. The van der Waals surface area contributed by atoms with Crippen molar-refractivity contribution in [2.24, 2.45) is 5.92 Å². The van der Waals surface area contributed by atoms with Crippen LogP contribution in [0.4, 0.5) is 10.1 Å². The normalized spacial score (nSPS) is 26.0. The van der Waals surface area contributed by atoms with Gasteiger partial charge < -0.3 is 5.32 Å². The van der Waals surface area contributed by atoms with Gasteiger partial charge in [0.15, 0.2) is 0 Å². The van der Waals surface area contributed by atoms with E-state index in [1.807, 2.05) is 6.92 Å². The smallest absolute Gasteiger partial charge is 0.250 e. The molecule has 1 heterocycles. The predicted molar refractivity (Wildman–Crippen MR) is 80.3 cm³/mol. The second kappa shape index (κ2) is 5.40. The van der Waals surface area contributed by atoms with Gasteiger partial charge in [0, 0.05) is 4.47 Å². The minimum atomic E-state index is -0.666. The van der Waals surface area contributed by atoms with Gasteiger partial charge in [-0.25, -0.2) is 4.39 Å². The Labute approximate surface area is 130 Å². The highest BCUT2D eigenvalue weighted by molar-refractivity contribution is 9.10. The molecular weight excluding hydrogens is 339 g/mol. The Morgan fingerprint density at radius 3 is 2.67 bits per heavy atom. The number of nitrogens with zero attached hydrogens (tertiary/aromatic N) is 1. The molecule has 1 aliphatic heterocycles. The molecule has 2 fully saturated rings. The van der Waals surface area contributed by atoms with Crippen LogP contribution < -0.4 is 10.2 Å². The van der Waals surface area contributed by atoms with Crippen LogP contribution in [0, 0.1) is 11.7 Å². The molecule has 1 aliphatic carbocycles. The molecule has 112 valence electrons. The molecular formula is C15H16BrFN2O2. The monoisotopic (exact) mass is 354 g/mol. The molecule has 0 radical (unpaired) electrons. The first-order chi connectivity index (χ1) is 10.0. The van der Waals surface area contributed by atoms with Gasteiger partial charge in [-0.05, 0) is 53.2 Å². The number of amides is 2. The van der Waals surface area contributed by atoms with E-state index in [0.717, 1.165) is 12.8 Å². The lowest BCUT2D eigenvalue weighted by Gasteiger charge is -2.39. The SMILES string of the molecule is CCC1C(=O)NC(C2CC2)C(=O)N1c1c(F)cccc1Br. The lowest BCUT2D eigenvalue weighted by molar-refractivity contribution is -0.134. The summed E-state index contributed by atoms with van der Waals surface area (Å²) in [6, 6.07) is 3.36. The van der Waals surface area contributed by atoms with E-state index in [1.165, 1.54) is 11.0 Å². The molecule has 21 heavy (non-hydrogen) atoms. The summed E-state index contributed by atoms with van der Waals surface area (Å²) in [5, 5.41) is 2.80. The second-order valence-electron chi connectivity index (χ2n) is 5.53. The summed E-state index contributed by atoms with van der Waals surface area (Å²) < 4.78 is 14.7. The fourth-order valence-corrected chi connectivity index (χ4v) is 3.37. The van der Waals surface area contributed by atoms with E-state index in [-0.39, 0.29) is 23.4 Å². The first kappa shape index (κ1) is 14.5. The van der Waals surface area contributed by atoms with E-state index in [4.69, 9.17) is 0 Å². The first-order valence-electron chi connectivity index (χ1n) is 7.12. The predicted octanol–water partition coefficient (Wildman–Crippen LogP) is 2.61. The molecule has 2 aliphatic rings. The number of nitrogens with one attached hydrogen (secondary N) is 1. The molecule has 3 rings (SSSR count). The fourth-order valence-electron chi connectivity index (χ4n) is 2.83. The van der Waals surface area contributed by atoms with Crippen LogP contribution in [0.15, 0.2) is 22.7 Å². The maximum absolute atomic E-state index is 14.2. The summed E-state index contributed by atoms with van der Waals surface area (Å²) in [5.74, 6) is -0.730. The minimum absolute atomic E-state index is 0.162. The summed E-state index contributed by atoms with van der Waals surface area (Å²) in [6.07, 6.45) is 2.30. The molecule has 0 bridgehead atoms.